The van der Waals surface area contributed by atoms with E-state index in [1.807, 2.05) is 79.7 Å². The van der Waals surface area contributed by atoms with Crippen molar-refractivity contribution in [3.05, 3.63) is 130 Å². The van der Waals surface area contributed by atoms with Gasteiger partial charge in [0.15, 0.2) is 11.5 Å². The summed E-state index contributed by atoms with van der Waals surface area (Å²) in [6.45, 7) is 2.64. The highest BCUT2D eigenvalue weighted by Gasteiger charge is 2.30. The molecule has 0 bridgehead atoms. The van der Waals surface area contributed by atoms with Crippen molar-refractivity contribution in [2.75, 3.05) is 14.2 Å². The van der Waals surface area contributed by atoms with E-state index in [2.05, 4.69) is 5.32 Å². The summed E-state index contributed by atoms with van der Waals surface area (Å²) in [6, 6.07) is 29.8. The summed E-state index contributed by atoms with van der Waals surface area (Å²) in [6.07, 6.45) is 0.455. The molecule has 0 aromatic heterocycles. The smallest absolute Gasteiger partial charge is 0.243 e. The second kappa shape index (κ2) is 14.4. The van der Waals surface area contributed by atoms with E-state index in [1.54, 1.807) is 43.4 Å². The van der Waals surface area contributed by atoms with Gasteiger partial charge in [0.1, 0.15) is 6.04 Å². The molecule has 0 spiro atoms. The number of aryl methyl sites for hydroxylation is 1. The molecular weight excluding hydrogens is 536 g/mol. The molecule has 0 fully saturated rings. The number of nitrogens with one attached hydrogen (secondary N) is 1. The van der Waals surface area contributed by atoms with Crippen molar-refractivity contribution in [2.24, 2.45) is 0 Å². The van der Waals surface area contributed by atoms with Crippen LogP contribution in [0.25, 0.3) is 0 Å². The fourth-order valence-electron chi connectivity index (χ4n) is 4.62. The van der Waals surface area contributed by atoms with Gasteiger partial charge in [0, 0.05) is 24.5 Å². The lowest BCUT2D eigenvalue weighted by Crippen LogP contribution is -2.50. The van der Waals surface area contributed by atoms with Crippen molar-refractivity contribution < 1.29 is 19.1 Å². The predicted octanol–water partition coefficient (Wildman–Crippen LogP) is 6.16. The first kappa shape index (κ1) is 29.7. The topological polar surface area (TPSA) is 67.9 Å². The van der Waals surface area contributed by atoms with Crippen molar-refractivity contribution in [1.29, 1.82) is 0 Å². The molecule has 0 saturated carbocycles. The van der Waals surface area contributed by atoms with Gasteiger partial charge in [-0.25, -0.2) is 0 Å². The predicted molar refractivity (Wildman–Crippen MR) is 162 cm³/mol. The van der Waals surface area contributed by atoms with Crippen LogP contribution in [-0.4, -0.2) is 37.0 Å². The van der Waals surface area contributed by atoms with Gasteiger partial charge in [0.2, 0.25) is 11.8 Å². The molecule has 4 aromatic rings. The molecule has 1 unspecified atom stereocenters. The number of ether oxygens (including phenoxy) is 2. The summed E-state index contributed by atoms with van der Waals surface area (Å²) < 4.78 is 10.8. The molecule has 1 atom stereocenters. The Kier molecular flexibility index (Phi) is 10.4. The summed E-state index contributed by atoms with van der Waals surface area (Å²) >= 11 is 6.13. The minimum absolute atomic E-state index is 0.0878. The van der Waals surface area contributed by atoms with E-state index in [1.165, 1.54) is 0 Å². The number of hydrogen-bond acceptors (Lipinski definition) is 4. The molecule has 0 radical (unpaired) electrons. The molecule has 0 aliphatic carbocycles. The van der Waals surface area contributed by atoms with E-state index in [0.717, 1.165) is 27.8 Å². The average Bonchev–Trinajstić information content (AvgIpc) is 2.99. The standard InChI is InChI=1S/C34H35ClN2O4/c1-24-9-11-26(12-10-24)22-36-34(39)30(19-25-7-5-4-6-8-25)37(23-27-13-16-29(35)17-14-27)33(38)21-28-15-18-31(40-2)32(20-28)41-3/h4-18,20,30H,19,21-23H2,1-3H3,(H,36,39). The van der Waals surface area contributed by atoms with E-state index < -0.39 is 6.04 Å². The highest BCUT2D eigenvalue weighted by atomic mass is 35.5. The fraction of sp³-hybridized carbons (Fsp3) is 0.235. The summed E-state index contributed by atoms with van der Waals surface area (Å²) in [5.74, 6) is 0.723. The Morgan fingerprint density at radius 3 is 2.07 bits per heavy atom. The quantitative estimate of drug-likeness (QED) is 0.221. The van der Waals surface area contributed by atoms with Gasteiger partial charge >= 0.3 is 0 Å². The summed E-state index contributed by atoms with van der Waals surface area (Å²) in [5.41, 5.74) is 4.73. The molecule has 6 nitrogen and oxygen atoms in total. The molecule has 0 heterocycles. The Bertz CT molecular complexity index is 1440. The van der Waals surface area contributed by atoms with Crippen LogP contribution < -0.4 is 14.8 Å². The lowest BCUT2D eigenvalue weighted by molar-refractivity contribution is -0.140. The van der Waals surface area contributed by atoms with Crippen LogP contribution in [0.1, 0.15) is 27.8 Å². The second-order valence-electron chi connectivity index (χ2n) is 9.92. The maximum Gasteiger partial charge on any atom is 0.243 e. The molecular formula is C34H35ClN2O4. The van der Waals surface area contributed by atoms with Gasteiger partial charge in [0.05, 0.1) is 20.6 Å². The molecule has 0 aliphatic rings. The Balaban J connectivity index is 1.66. The van der Waals surface area contributed by atoms with Crippen LogP contribution in [0.2, 0.25) is 5.02 Å². The largest absolute Gasteiger partial charge is 0.493 e. The monoisotopic (exact) mass is 570 g/mol. The van der Waals surface area contributed by atoms with E-state index in [0.29, 0.717) is 29.5 Å². The first-order chi connectivity index (χ1) is 19.9. The van der Waals surface area contributed by atoms with Crippen LogP contribution in [0, 0.1) is 6.92 Å². The Labute approximate surface area is 246 Å². The highest BCUT2D eigenvalue weighted by molar-refractivity contribution is 6.30. The van der Waals surface area contributed by atoms with Crippen LogP contribution in [0.5, 0.6) is 11.5 Å². The molecule has 212 valence electrons. The van der Waals surface area contributed by atoms with E-state index in [-0.39, 0.29) is 24.8 Å². The number of carbonyl (C=O) groups excluding carboxylic acids is 2. The first-order valence-corrected chi connectivity index (χ1v) is 13.9. The number of rotatable bonds is 12. The fourth-order valence-corrected chi connectivity index (χ4v) is 4.75. The van der Waals surface area contributed by atoms with Gasteiger partial charge in [-0.15, -0.1) is 0 Å². The molecule has 0 aliphatic heterocycles. The molecule has 1 N–H and O–H groups in total. The van der Waals surface area contributed by atoms with Crippen molar-refractivity contribution >= 4 is 23.4 Å². The molecule has 4 aromatic carbocycles. The normalized spacial score (nSPS) is 11.4. The SMILES string of the molecule is COc1ccc(CC(=O)N(Cc2ccc(Cl)cc2)C(Cc2ccccc2)C(=O)NCc2ccc(C)cc2)cc1OC. The zero-order chi connectivity index (χ0) is 29.2. The Hall–Kier alpha value is -4.29. The first-order valence-electron chi connectivity index (χ1n) is 13.5. The minimum Gasteiger partial charge on any atom is -0.493 e. The number of amides is 2. The Morgan fingerprint density at radius 1 is 0.780 bits per heavy atom. The molecule has 41 heavy (non-hydrogen) atoms. The van der Waals surface area contributed by atoms with Crippen LogP contribution in [0.15, 0.2) is 97.1 Å². The zero-order valence-electron chi connectivity index (χ0n) is 23.6. The number of carbonyl (C=O) groups is 2. The number of methoxy groups -OCH3 is 2. The number of hydrogen-bond donors (Lipinski definition) is 1. The van der Waals surface area contributed by atoms with Crippen molar-refractivity contribution in [2.45, 2.75) is 38.9 Å². The number of benzene rings is 4. The molecule has 0 saturated heterocycles. The van der Waals surface area contributed by atoms with E-state index in [4.69, 9.17) is 21.1 Å². The third-order valence-corrected chi connectivity index (χ3v) is 7.18. The molecule has 4 rings (SSSR count). The van der Waals surface area contributed by atoms with Gasteiger partial charge < -0.3 is 19.7 Å². The van der Waals surface area contributed by atoms with Crippen LogP contribution in [0.3, 0.4) is 0 Å². The number of halogens is 1. The summed E-state index contributed by atoms with van der Waals surface area (Å²) in [4.78, 5) is 29.5. The Morgan fingerprint density at radius 2 is 1.41 bits per heavy atom. The van der Waals surface area contributed by atoms with Crippen molar-refractivity contribution in [3.63, 3.8) is 0 Å². The minimum atomic E-state index is -0.744. The van der Waals surface area contributed by atoms with Gasteiger partial charge in [-0.3, -0.25) is 9.59 Å². The van der Waals surface area contributed by atoms with Gasteiger partial charge in [0.25, 0.3) is 0 Å². The van der Waals surface area contributed by atoms with Crippen LogP contribution in [-0.2, 0) is 35.5 Å². The van der Waals surface area contributed by atoms with Crippen molar-refractivity contribution in [1.82, 2.24) is 10.2 Å². The van der Waals surface area contributed by atoms with E-state index in [9.17, 15) is 9.59 Å². The zero-order valence-corrected chi connectivity index (χ0v) is 24.4. The van der Waals surface area contributed by atoms with Crippen molar-refractivity contribution in [3.8, 4) is 11.5 Å². The van der Waals surface area contributed by atoms with Gasteiger partial charge in [-0.05, 0) is 53.4 Å². The highest BCUT2D eigenvalue weighted by Crippen LogP contribution is 2.28. The average molecular weight is 571 g/mol. The lowest BCUT2D eigenvalue weighted by Gasteiger charge is -2.32. The maximum absolute atomic E-state index is 14.0. The van der Waals surface area contributed by atoms with Gasteiger partial charge in [-0.1, -0.05) is 90.0 Å². The number of nitrogens with zero attached hydrogens (tertiary/aromatic N) is 1. The van der Waals surface area contributed by atoms with Crippen LogP contribution >= 0.6 is 11.6 Å². The molecule has 7 heteroatoms. The summed E-state index contributed by atoms with van der Waals surface area (Å²) in [5, 5.41) is 3.68. The maximum atomic E-state index is 14.0. The third-order valence-electron chi connectivity index (χ3n) is 6.93. The summed E-state index contributed by atoms with van der Waals surface area (Å²) in [7, 11) is 3.13. The lowest BCUT2D eigenvalue weighted by atomic mass is 10.0. The molecule has 2 amide bonds. The van der Waals surface area contributed by atoms with Crippen LogP contribution in [0.4, 0.5) is 0 Å². The van der Waals surface area contributed by atoms with E-state index >= 15 is 0 Å². The van der Waals surface area contributed by atoms with Gasteiger partial charge in [-0.2, -0.15) is 0 Å². The second-order valence-corrected chi connectivity index (χ2v) is 10.4. The third kappa shape index (κ3) is 8.35.